The minimum atomic E-state index is -0.0358. The zero-order valence-corrected chi connectivity index (χ0v) is 24.7. The topological polar surface area (TPSA) is 36.9 Å². The van der Waals surface area contributed by atoms with Crippen LogP contribution in [0.1, 0.15) is 162 Å². The van der Waals surface area contributed by atoms with Crippen LogP contribution in [-0.4, -0.2) is 32.9 Å². The molecule has 0 spiro atoms. The Morgan fingerprint density at radius 2 is 1.00 bits per heavy atom. The van der Waals surface area contributed by atoms with Crippen LogP contribution in [0.15, 0.2) is 12.3 Å². The molecule has 0 rings (SSSR count). The van der Waals surface area contributed by atoms with Gasteiger partial charge in [-0.1, -0.05) is 117 Å². The summed E-state index contributed by atoms with van der Waals surface area (Å²) in [6, 6.07) is 0. The number of hydrogen-bond donors (Lipinski definition) is 0. The van der Waals surface area contributed by atoms with Gasteiger partial charge in [-0.05, 0) is 51.0 Å². The van der Waals surface area contributed by atoms with Gasteiger partial charge in [-0.15, -0.1) is 0 Å². The normalized spacial score (nSPS) is 11.8. The highest BCUT2D eigenvalue weighted by atomic mass is 16.7. The third-order valence-electron chi connectivity index (χ3n) is 6.65. The summed E-state index contributed by atoms with van der Waals surface area (Å²) < 4.78 is 23.1. The van der Waals surface area contributed by atoms with Gasteiger partial charge in [0.25, 0.3) is 0 Å². The average Bonchev–Trinajstić information content (AvgIpc) is 2.89. The molecular weight excluding hydrogens is 448 g/mol. The fourth-order valence-corrected chi connectivity index (χ4v) is 4.22. The van der Waals surface area contributed by atoms with Gasteiger partial charge >= 0.3 is 0 Å². The summed E-state index contributed by atoms with van der Waals surface area (Å²) in [4.78, 5) is 0. The Hall–Kier alpha value is -0.580. The van der Waals surface area contributed by atoms with E-state index in [1.807, 2.05) is 0 Å². The van der Waals surface area contributed by atoms with Crippen molar-refractivity contribution >= 4 is 0 Å². The predicted octanol–water partition coefficient (Wildman–Crippen LogP) is 10.5. The van der Waals surface area contributed by atoms with E-state index in [0.717, 1.165) is 71.2 Å². The Kier molecular flexibility index (Phi) is 31.9. The SMILES string of the molecule is CCCCCCCCCCOC(CCCCC=COCOCCCC)OCCCCCCCCCC. The van der Waals surface area contributed by atoms with Crippen molar-refractivity contribution in [3.05, 3.63) is 12.3 Å². The lowest BCUT2D eigenvalue weighted by Crippen LogP contribution is -2.19. The van der Waals surface area contributed by atoms with Crippen molar-refractivity contribution < 1.29 is 18.9 Å². The Morgan fingerprint density at radius 1 is 0.500 bits per heavy atom. The van der Waals surface area contributed by atoms with Gasteiger partial charge in [0.05, 0.1) is 12.9 Å². The number of unbranched alkanes of at least 4 members (excludes halogenated alkanes) is 17. The lowest BCUT2D eigenvalue weighted by atomic mass is 10.1. The van der Waals surface area contributed by atoms with E-state index in [2.05, 4.69) is 26.8 Å². The molecule has 0 fully saturated rings. The first kappa shape index (κ1) is 35.4. The smallest absolute Gasteiger partial charge is 0.188 e. The molecule has 0 aliphatic heterocycles. The lowest BCUT2D eigenvalue weighted by molar-refractivity contribution is -0.148. The van der Waals surface area contributed by atoms with Crippen molar-refractivity contribution in [2.75, 3.05) is 26.6 Å². The Morgan fingerprint density at radius 3 is 1.53 bits per heavy atom. The molecule has 0 bridgehead atoms. The Labute approximate surface area is 226 Å². The fourth-order valence-electron chi connectivity index (χ4n) is 4.22. The molecule has 4 nitrogen and oxygen atoms in total. The second-order valence-electron chi connectivity index (χ2n) is 10.3. The molecule has 0 unspecified atom stereocenters. The van der Waals surface area contributed by atoms with Gasteiger partial charge in [-0.2, -0.15) is 0 Å². The highest BCUT2D eigenvalue weighted by Crippen LogP contribution is 2.14. The van der Waals surface area contributed by atoms with E-state index in [0.29, 0.717) is 6.79 Å². The van der Waals surface area contributed by atoms with Crippen LogP contribution in [0.2, 0.25) is 0 Å². The van der Waals surface area contributed by atoms with Crippen molar-refractivity contribution in [1.29, 1.82) is 0 Å². The van der Waals surface area contributed by atoms with E-state index in [1.54, 1.807) is 6.26 Å². The first-order chi connectivity index (χ1) is 17.8. The largest absolute Gasteiger partial charge is 0.475 e. The van der Waals surface area contributed by atoms with Crippen molar-refractivity contribution in [3.8, 4) is 0 Å². The quantitative estimate of drug-likeness (QED) is 0.0526. The molecule has 0 atom stereocenters. The molecule has 0 saturated carbocycles. The van der Waals surface area contributed by atoms with Gasteiger partial charge in [-0.3, -0.25) is 0 Å². The van der Waals surface area contributed by atoms with Crippen LogP contribution in [-0.2, 0) is 18.9 Å². The molecule has 36 heavy (non-hydrogen) atoms. The predicted molar refractivity (Wildman–Crippen MR) is 155 cm³/mol. The maximum Gasteiger partial charge on any atom is 0.188 e. The third kappa shape index (κ3) is 29.6. The summed E-state index contributed by atoms with van der Waals surface area (Å²) in [5.41, 5.74) is 0. The zero-order chi connectivity index (χ0) is 26.2. The second kappa shape index (κ2) is 32.4. The van der Waals surface area contributed by atoms with Crippen LogP contribution in [0.3, 0.4) is 0 Å². The molecule has 0 heterocycles. The molecule has 0 aromatic heterocycles. The number of hydrogen-bond acceptors (Lipinski definition) is 4. The fraction of sp³-hybridized carbons (Fsp3) is 0.938. The van der Waals surface area contributed by atoms with Gasteiger partial charge < -0.3 is 18.9 Å². The average molecular weight is 513 g/mol. The molecule has 216 valence electrons. The molecule has 0 aliphatic rings. The number of rotatable bonds is 31. The first-order valence-corrected chi connectivity index (χ1v) is 15.9. The third-order valence-corrected chi connectivity index (χ3v) is 6.65. The van der Waals surface area contributed by atoms with Gasteiger partial charge in [0.1, 0.15) is 0 Å². The summed E-state index contributed by atoms with van der Waals surface area (Å²) in [5, 5.41) is 0. The Bertz CT molecular complexity index is 391. The van der Waals surface area contributed by atoms with Gasteiger partial charge in [-0.25, -0.2) is 0 Å². The summed E-state index contributed by atoms with van der Waals surface area (Å²) in [7, 11) is 0. The molecule has 0 aliphatic carbocycles. The maximum absolute atomic E-state index is 6.17. The standard InChI is InChI=1S/C32H64O4/c1-4-7-10-12-14-16-19-24-29-35-32(36-30-25-20-17-15-13-11-8-5-2)26-22-18-21-23-28-34-31-33-27-9-6-3/h23,28,32H,4-22,24-27,29-31H2,1-3H3. The van der Waals surface area contributed by atoms with Crippen molar-refractivity contribution in [3.63, 3.8) is 0 Å². The van der Waals surface area contributed by atoms with Crippen molar-refractivity contribution in [1.82, 2.24) is 0 Å². The van der Waals surface area contributed by atoms with E-state index >= 15 is 0 Å². The van der Waals surface area contributed by atoms with Gasteiger partial charge in [0.2, 0.25) is 0 Å². The zero-order valence-electron chi connectivity index (χ0n) is 24.7. The van der Waals surface area contributed by atoms with Gasteiger partial charge in [0, 0.05) is 13.2 Å². The summed E-state index contributed by atoms with van der Waals surface area (Å²) in [6.07, 6.45) is 31.7. The lowest BCUT2D eigenvalue weighted by Gasteiger charge is -2.19. The highest BCUT2D eigenvalue weighted by Gasteiger charge is 2.09. The van der Waals surface area contributed by atoms with E-state index in [9.17, 15) is 0 Å². The molecule has 0 aromatic rings. The van der Waals surface area contributed by atoms with E-state index in [-0.39, 0.29) is 6.29 Å². The van der Waals surface area contributed by atoms with Crippen LogP contribution in [0.4, 0.5) is 0 Å². The van der Waals surface area contributed by atoms with Crippen molar-refractivity contribution in [2.45, 2.75) is 168 Å². The molecular formula is C32H64O4. The molecule has 0 N–H and O–H groups in total. The molecule has 0 amide bonds. The number of allylic oxidation sites excluding steroid dienone is 1. The maximum atomic E-state index is 6.17. The van der Waals surface area contributed by atoms with Crippen molar-refractivity contribution in [2.24, 2.45) is 0 Å². The minimum absolute atomic E-state index is 0.0358. The second-order valence-corrected chi connectivity index (χ2v) is 10.3. The van der Waals surface area contributed by atoms with Crippen LogP contribution >= 0.6 is 0 Å². The minimum Gasteiger partial charge on any atom is -0.475 e. The molecule has 4 heteroatoms. The molecule has 0 radical (unpaired) electrons. The van der Waals surface area contributed by atoms with E-state index < -0.39 is 0 Å². The van der Waals surface area contributed by atoms with Crippen LogP contribution in [0.25, 0.3) is 0 Å². The van der Waals surface area contributed by atoms with E-state index in [4.69, 9.17) is 18.9 Å². The highest BCUT2D eigenvalue weighted by molar-refractivity contribution is 4.72. The molecule has 0 aromatic carbocycles. The summed E-state index contributed by atoms with van der Waals surface area (Å²) >= 11 is 0. The van der Waals surface area contributed by atoms with Crippen LogP contribution < -0.4 is 0 Å². The van der Waals surface area contributed by atoms with Crippen LogP contribution in [0, 0.1) is 0 Å². The van der Waals surface area contributed by atoms with E-state index in [1.165, 1.54) is 89.9 Å². The summed E-state index contributed by atoms with van der Waals surface area (Å²) in [5.74, 6) is 0. The number of ether oxygens (including phenoxy) is 4. The Balaban J connectivity index is 3.92. The van der Waals surface area contributed by atoms with Crippen LogP contribution in [0.5, 0.6) is 0 Å². The monoisotopic (exact) mass is 512 g/mol. The molecule has 0 saturated heterocycles. The van der Waals surface area contributed by atoms with Gasteiger partial charge in [0.15, 0.2) is 13.1 Å². The first-order valence-electron chi connectivity index (χ1n) is 15.9. The summed E-state index contributed by atoms with van der Waals surface area (Å²) in [6.45, 7) is 9.54.